The van der Waals surface area contributed by atoms with Gasteiger partial charge in [0.25, 0.3) is 0 Å². The zero-order valence-corrected chi connectivity index (χ0v) is 9.33. The maximum absolute atomic E-state index is 11.5. The number of likely N-dealkylation sites (tertiary alicyclic amines) is 1. The lowest BCUT2D eigenvalue weighted by Crippen LogP contribution is -2.28. The molecule has 1 aliphatic rings. The molecule has 1 aromatic rings. The Morgan fingerprint density at radius 2 is 2.44 bits per heavy atom. The molecule has 0 bridgehead atoms. The zero-order chi connectivity index (χ0) is 11.5. The Morgan fingerprint density at radius 3 is 3.00 bits per heavy atom. The minimum Gasteiger partial charge on any atom is -0.396 e. The van der Waals surface area contributed by atoms with Crippen molar-refractivity contribution in [2.45, 2.75) is 12.8 Å². The molecule has 1 amide bonds. The Hall–Kier alpha value is -1.43. The summed E-state index contributed by atoms with van der Waals surface area (Å²) in [5.41, 5.74) is 0. The van der Waals surface area contributed by atoms with Gasteiger partial charge in [-0.25, -0.2) is 4.98 Å². The van der Waals surface area contributed by atoms with Gasteiger partial charge < -0.3 is 10.0 Å². The van der Waals surface area contributed by atoms with Gasteiger partial charge in [-0.15, -0.1) is 0 Å². The largest absolute Gasteiger partial charge is 0.396 e. The average molecular weight is 224 g/mol. The molecule has 1 N–H and O–H groups in total. The summed E-state index contributed by atoms with van der Waals surface area (Å²) in [6.07, 6.45) is 2.79. The molecule has 6 heteroatoms. The van der Waals surface area contributed by atoms with Crippen molar-refractivity contribution in [3.05, 3.63) is 12.2 Å². The molecule has 88 valence electrons. The first-order chi connectivity index (χ1) is 7.69. The van der Waals surface area contributed by atoms with Crippen LogP contribution in [0.15, 0.2) is 6.33 Å². The fraction of sp³-hybridized carbons (Fsp3) is 0.700. The molecular formula is C10H16N4O2. The molecule has 2 rings (SSSR count). The first kappa shape index (κ1) is 11.1. The second-order valence-electron chi connectivity index (χ2n) is 4.18. The molecule has 1 atom stereocenters. The third-order valence-electron chi connectivity index (χ3n) is 2.81. The highest BCUT2D eigenvalue weighted by atomic mass is 16.3. The summed E-state index contributed by atoms with van der Waals surface area (Å²) in [5, 5.41) is 13.1. The molecule has 1 fully saturated rings. The van der Waals surface area contributed by atoms with Crippen molar-refractivity contribution in [1.29, 1.82) is 0 Å². The number of hydrogen-bond donors (Lipinski definition) is 1. The Kier molecular flexibility index (Phi) is 3.19. The monoisotopic (exact) mass is 224 g/mol. The first-order valence-electron chi connectivity index (χ1n) is 5.42. The molecule has 1 aromatic heterocycles. The molecule has 6 nitrogen and oxygen atoms in total. The molecule has 2 heterocycles. The summed E-state index contributed by atoms with van der Waals surface area (Å²) < 4.78 is 1.65. The second-order valence-corrected chi connectivity index (χ2v) is 4.18. The lowest BCUT2D eigenvalue weighted by atomic mass is 10.1. The number of aliphatic hydroxyl groups excluding tert-OH is 1. The van der Waals surface area contributed by atoms with Crippen LogP contribution in [-0.2, 0) is 18.3 Å². The van der Waals surface area contributed by atoms with Gasteiger partial charge in [-0.2, -0.15) is 5.10 Å². The van der Waals surface area contributed by atoms with E-state index in [2.05, 4.69) is 10.1 Å². The molecule has 0 spiro atoms. The number of aryl methyl sites for hydroxylation is 1. The standard InChI is InChI=1S/C10H16N4O2/c1-13-7-11-9(12-13)2-3-14-5-8(6-15)4-10(14)16/h7-8,15H,2-6H2,1H3. The van der Waals surface area contributed by atoms with Crippen molar-refractivity contribution in [3.63, 3.8) is 0 Å². The Labute approximate surface area is 93.9 Å². The zero-order valence-electron chi connectivity index (χ0n) is 9.33. The molecule has 16 heavy (non-hydrogen) atoms. The third-order valence-corrected chi connectivity index (χ3v) is 2.81. The van der Waals surface area contributed by atoms with Crippen LogP contribution < -0.4 is 0 Å². The van der Waals surface area contributed by atoms with E-state index in [1.807, 2.05) is 7.05 Å². The summed E-state index contributed by atoms with van der Waals surface area (Å²) in [7, 11) is 1.82. The van der Waals surface area contributed by atoms with Crippen LogP contribution in [0.5, 0.6) is 0 Å². The predicted molar refractivity (Wildman–Crippen MR) is 56.5 cm³/mol. The van der Waals surface area contributed by atoms with Gasteiger partial charge in [0.15, 0.2) is 5.82 Å². The average Bonchev–Trinajstić information content (AvgIpc) is 2.82. The first-order valence-corrected chi connectivity index (χ1v) is 5.42. The molecule has 1 aliphatic heterocycles. The van der Waals surface area contributed by atoms with Crippen LogP contribution in [0.3, 0.4) is 0 Å². The number of aromatic nitrogens is 3. The van der Waals surface area contributed by atoms with Crippen molar-refractivity contribution >= 4 is 5.91 Å². The maximum Gasteiger partial charge on any atom is 0.223 e. The van der Waals surface area contributed by atoms with Gasteiger partial charge in [-0.05, 0) is 0 Å². The van der Waals surface area contributed by atoms with E-state index < -0.39 is 0 Å². The van der Waals surface area contributed by atoms with Gasteiger partial charge in [0.2, 0.25) is 5.91 Å². The molecule has 1 saturated heterocycles. The van der Waals surface area contributed by atoms with E-state index in [1.54, 1.807) is 15.9 Å². The highest BCUT2D eigenvalue weighted by Crippen LogP contribution is 2.16. The van der Waals surface area contributed by atoms with Crippen molar-refractivity contribution in [2.24, 2.45) is 13.0 Å². The van der Waals surface area contributed by atoms with Gasteiger partial charge in [-0.3, -0.25) is 9.48 Å². The summed E-state index contributed by atoms with van der Waals surface area (Å²) in [6, 6.07) is 0. The quantitative estimate of drug-likeness (QED) is 0.726. The number of amides is 1. The normalized spacial score (nSPS) is 20.8. The lowest BCUT2D eigenvalue weighted by Gasteiger charge is -2.14. The van der Waals surface area contributed by atoms with E-state index in [1.165, 1.54) is 0 Å². The Morgan fingerprint density at radius 1 is 1.62 bits per heavy atom. The van der Waals surface area contributed by atoms with E-state index in [4.69, 9.17) is 5.11 Å². The SMILES string of the molecule is Cn1cnc(CCN2CC(CO)CC2=O)n1. The number of rotatable bonds is 4. The molecule has 0 aliphatic carbocycles. The molecule has 0 aromatic carbocycles. The minimum absolute atomic E-state index is 0.0874. The highest BCUT2D eigenvalue weighted by Gasteiger charge is 2.28. The van der Waals surface area contributed by atoms with Crippen molar-refractivity contribution in [3.8, 4) is 0 Å². The Balaban J connectivity index is 1.84. The van der Waals surface area contributed by atoms with Gasteiger partial charge in [0.05, 0.1) is 0 Å². The third kappa shape index (κ3) is 2.38. The number of carbonyl (C=O) groups excluding carboxylic acids is 1. The predicted octanol–water partition coefficient (Wildman–Crippen LogP) is -0.802. The topological polar surface area (TPSA) is 71.2 Å². The fourth-order valence-electron chi connectivity index (χ4n) is 1.93. The van der Waals surface area contributed by atoms with E-state index in [-0.39, 0.29) is 18.4 Å². The van der Waals surface area contributed by atoms with E-state index in [0.717, 1.165) is 5.82 Å². The van der Waals surface area contributed by atoms with E-state index >= 15 is 0 Å². The number of nitrogens with zero attached hydrogens (tertiary/aromatic N) is 4. The lowest BCUT2D eigenvalue weighted by molar-refractivity contribution is -0.127. The summed E-state index contributed by atoms with van der Waals surface area (Å²) in [4.78, 5) is 17.4. The molecular weight excluding hydrogens is 208 g/mol. The molecule has 0 saturated carbocycles. The summed E-state index contributed by atoms with van der Waals surface area (Å²) >= 11 is 0. The molecule has 0 radical (unpaired) electrons. The van der Waals surface area contributed by atoms with E-state index in [0.29, 0.717) is 25.9 Å². The van der Waals surface area contributed by atoms with Crippen LogP contribution in [0.1, 0.15) is 12.2 Å². The highest BCUT2D eigenvalue weighted by molar-refractivity contribution is 5.78. The van der Waals surface area contributed by atoms with Gasteiger partial charge in [-0.1, -0.05) is 0 Å². The van der Waals surface area contributed by atoms with Gasteiger partial charge in [0, 0.05) is 45.5 Å². The number of aliphatic hydroxyl groups is 1. The van der Waals surface area contributed by atoms with Crippen molar-refractivity contribution < 1.29 is 9.90 Å². The van der Waals surface area contributed by atoms with Crippen molar-refractivity contribution in [2.75, 3.05) is 19.7 Å². The summed E-state index contributed by atoms with van der Waals surface area (Å²) in [5.74, 6) is 0.974. The van der Waals surface area contributed by atoms with Crippen LogP contribution in [0, 0.1) is 5.92 Å². The van der Waals surface area contributed by atoms with Crippen LogP contribution in [-0.4, -0.2) is 50.4 Å². The Bertz CT molecular complexity index is 377. The second kappa shape index (κ2) is 4.61. The van der Waals surface area contributed by atoms with Crippen LogP contribution in [0.2, 0.25) is 0 Å². The van der Waals surface area contributed by atoms with Gasteiger partial charge in [0.1, 0.15) is 6.33 Å². The van der Waals surface area contributed by atoms with Crippen molar-refractivity contribution in [1.82, 2.24) is 19.7 Å². The molecule has 1 unspecified atom stereocenters. The number of carbonyl (C=O) groups is 1. The van der Waals surface area contributed by atoms with Crippen LogP contribution in [0.4, 0.5) is 0 Å². The van der Waals surface area contributed by atoms with E-state index in [9.17, 15) is 4.79 Å². The fourth-order valence-corrected chi connectivity index (χ4v) is 1.93. The maximum atomic E-state index is 11.5. The summed E-state index contributed by atoms with van der Waals surface area (Å²) in [6.45, 7) is 1.38. The van der Waals surface area contributed by atoms with Crippen LogP contribution >= 0.6 is 0 Å². The van der Waals surface area contributed by atoms with Crippen LogP contribution in [0.25, 0.3) is 0 Å². The minimum atomic E-state index is 0.0874. The smallest absolute Gasteiger partial charge is 0.223 e. The number of hydrogen-bond acceptors (Lipinski definition) is 4. The van der Waals surface area contributed by atoms with Gasteiger partial charge >= 0.3 is 0 Å².